The second kappa shape index (κ2) is 7.83. The first-order valence-corrected chi connectivity index (χ1v) is 8.62. The second-order valence-corrected chi connectivity index (χ2v) is 6.34. The molecule has 0 spiro atoms. The van der Waals surface area contributed by atoms with Gasteiger partial charge in [-0.3, -0.25) is 4.79 Å². The zero-order chi connectivity index (χ0) is 16.8. The molecule has 7 heteroatoms. The Labute approximate surface area is 144 Å². The standard InChI is InChI=1S/C17H18N4O2S/c1-12(5-6-14-4-2-9-23-14)20-15(22)10-13-11-24-17(21-13)16-18-7-3-8-19-16/h2-4,7-9,11-12H,5-6,10H2,1H3,(H,20,22)/t12-/m1/s1. The Bertz CT molecular complexity index is 771. The molecular weight excluding hydrogens is 324 g/mol. The van der Waals surface area contributed by atoms with Crippen LogP contribution in [0.15, 0.2) is 46.7 Å². The average molecular weight is 342 g/mol. The lowest BCUT2D eigenvalue weighted by Crippen LogP contribution is -2.34. The summed E-state index contributed by atoms with van der Waals surface area (Å²) in [5, 5.41) is 5.59. The Kier molecular flexibility index (Phi) is 5.32. The minimum Gasteiger partial charge on any atom is -0.469 e. The van der Waals surface area contributed by atoms with E-state index >= 15 is 0 Å². The summed E-state index contributed by atoms with van der Waals surface area (Å²) in [4.78, 5) is 24.9. The van der Waals surface area contributed by atoms with Crippen molar-refractivity contribution in [2.75, 3.05) is 0 Å². The van der Waals surface area contributed by atoms with Gasteiger partial charge >= 0.3 is 0 Å². The average Bonchev–Trinajstić information content (AvgIpc) is 3.25. The Morgan fingerprint density at radius 2 is 2.17 bits per heavy atom. The maximum Gasteiger partial charge on any atom is 0.226 e. The second-order valence-electron chi connectivity index (χ2n) is 5.48. The molecule has 0 saturated heterocycles. The van der Waals surface area contributed by atoms with Crippen LogP contribution in [0.4, 0.5) is 0 Å². The third-order valence-electron chi connectivity index (χ3n) is 3.46. The molecular formula is C17H18N4O2S. The van der Waals surface area contributed by atoms with Crippen molar-refractivity contribution in [3.8, 4) is 10.8 Å². The highest BCUT2D eigenvalue weighted by atomic mass is 32.1. The molecule has 3 heterocycles. The fraction of sp³-hybridized carbons (Fsp3) is 0.294. The van der Waals surface area contributed by atoms with E-state index in [4.69, 9.17) is 4.42 Å². The normalized spacial score (nSPS) is 12.0. The van der Waals surface area contributed by atoms with Gasteiger partial charge < -0.3 is 9.73 Å². The van der Waals surface area contributed by atoms with Crippen LogP contribution in [0.2, 0.25) is 0 Å². The number of nitrogens with one attached hydrogen (secondary N) is 1. The summed E-state index contributed by atoms with van der Waals surface area (Å²) in [5.41, 5.74) is 0.734. The van der Waals surface area contributed by atoms with Gasteiger partial charge in [-0.05, 0) is 31.5 Å². The molecule has 0 aliphatic heterocycles. The van der Waals surface area contributed by atoms with Crippen LogP contribution in [0.1, 0.15) is 24.8 Å². The lowest BCUT2D eigenvalue weighted by atomic mass is 10.1. The maximum absolute atomic E-state index is 12.1. The van der Waals surface area contributed by atoms with Gasteiger partial charge in [-0.25, -0.2) is 15.0 Å². The van der Waals surface area contributed by atoms with Gasteiger partial charge in [0.2, 0.25) is 5.91 Å². The number of aryl methyl sites for hydroxylation is 1. The molecule has 1 atom stereocenters. The van der Waals surface area contributed by atoms with Crippen molar-refractivity contribution < 1.29 is 9.21 Å². The monoisotopic (exact) mass is 342 g/mol. The highest BCUT2D eigenvalue weighted by Gasteiger charge is 2.12. The van der Waals surface area contributed by atoms with Crippen molar-refractivity contribution in [1.29, 1.82) is 0 Å². The molecule has 3 rings (SSSR count). The molecule has 124 valence electrons. The largest absolute Gasteiger partial charge is 0.469 e. The molecule has 6 nitrogen and oxygen atoms in total. The van der Waals surface area contributed by atoms with Crippen LogP contribution in [-0.4, -0.2) is 26.9 Å². The van der Waals surface area contributed by atoms with E-state index in [-0.39, 0.29) is 18.4 Å². The Morgan fingerprint density at radius 1 is 1.33 bits per heavy atom. The third-order valence-corrected chi connectivity index (χ3v) is 4.35. The van der Waals surface area contributed by atoms with Crippen LogP contribution < -0.4 is 5.32 Å². The smallest absolute Gasteiger partial charge is 0.226 e. The SMILES string of the molecule is C[C@H](CCc1ccco1)NC(=O)Cc1csc(-c2ncccn2)n1. The minimum absolute atomic E-state index is 0.0345. The molecule has 0 fully saturated rings. The van der Waals surface area contributed by atoms with Crippen LogP contribution in [0, 0.1) is 0 Å². The molecule has 1 amide bonds. The molecule has 0 radical (unpaired) electrons. The van der Waals surface area contributed by atoms with Crippen molar-refractivity contribution in [3.05, 3.63) is 53.7 Å². The number of carbonyl (C=O) groups is 1. The number of nitrogens with zero attached hydrogens (tertiary/aromatic N) is 3. The van der Waals surface area contributed by atoms with E-state index in [1.54, 1.807) is 24.7 Å². The van der Waals surface area contributed by atoms with Crippen molar-refractivity contribution in [2.45, 2.75) is 32.2 Å². The van der Waals surface area contributed by atoms with E-state index in [2.05, 4.69) is 20.3 Å². The van der Waals surface area contributed by atoms with E-state index in [1.807, 2.05) is 24.4 Å². The lowest BCUT2D eigenvalue weighted by molar-refractivity contribution is -0.121. The predicted molar refractivity (Wildman–Crippen MR) is 91.5 cm³/mol. The first-order chi connectivity index (χ1) is 11.7. The molecule has 3 aromatic rings. The van der Waals surface area contributed by atoms with Crippen molar-refractivity contribution in [3.63, 3.8) is 0 Å². The first kappa shape index (κ1) is 16.3. The summed E-state index contributed by atoms with van der Waals surface area (Å²) >= 11 is 1.44. The van der Waals surface area contributed by atoms with Gasteiger partial charge in [-0.15, -0.1) is 11.3 Å². The van der Waals surface area contributed by atoms with E-state index in [0.29, 0.717) is 5.82 Å². The lowest BCUT2D eigenvalue weighted by Gasteiger charge is -2.12. The number of carbonyl (C=O) groups excluding carboxylic acids is 1. The molecule has 0 unspecified atom stereocenters. The molecule has 0 aliphatic carbocycles. The van der Waals surface area contributed by atoms with Gasteiger partial charge in [0.25, 0.3) is 0 Å². The quantitative estimate of drug-likeness (QED) is 0.714. The summed E-state index contributed by atoms with van der Waals surface area (Å²) < 4.78 is 5.30. The Morgan fingerprint density at radius 3 is 2.92 bits per heavy atom. The number of aromatic nitrogens is 3. The molecule has 1 N–H and O–H groups in total. The number of hydrogen-bond donors (Lipinski definition) is 1. The first-order valence-electron chi connectivity index (χ1n) is 7.74. The van der Waals surface area contributed by atoms with Crippen molar-refractivity contribution in [1.82, 2.24) is 20.3 Å². The van der Waals surface area contributed by atoms with Gasteiger partial charge in [0.1, 0.15) is 5.76 Å². The summed E-state index contributed by atoms with van der Waals surface area (Å²) in [7, 11) is 0. The molecule has 0 bridgehead atoms. The van der Waals surface area contributed by atoms with Crippen LogP contribution in [0.25, 0.3) is 10.8 Å². The van der Waals surface area contributed by atoms with Gasteiger partial charge in [0.15, 0.2) is 10.8 Å². The fourth-order valence-electron chi connectivity index (χ4n) is 2.28. The third kappa shape index (κ3) is 4.48. The van der Waals surface area contributed by atoms with Gasteiger partial charge in [-0.2, -0.15) is 0 Å². The van der Waals surface area contributed by atoms with Crippen molar-refractivity contribution >= 4 is 17.2 Å². The molecule has 24 heavy (non-hydrogen) atoms. The van der Waals surface area contributed by atoms with E-state index in [0.717, 1.165) is 29.3 Å². The molecule has 0 saturated carbocycles. The number of furan rings is 1. The number of thiazole rings is 1. The fourth-order valence-corrected chi connectivity index (χ4v) is 3.04. The summed E-state index contributed by atoms with van der Waals surface area (Å²) in [6.45, 7) is 1.99. The van der Waals surface area contributed by atoms with Crippen LogP contribution in [0.3, 0.4) is 0 Å². The highest BCUT2D eigenvalue weighted by molar-refractivity contribution is 7.13. The Hall–Kier alpha value is -2.54. The zero-order valence-electron chi connectivity index (χ0n) is 13.3. The number of amides is 1. The van der Waals surface area contributed by atoms with Crippen LogP contribution >= 0.6 is 11.3 Å². The van der Waals surface area contributed by atoms with Crippen molar-refractivity contribution in [2.24, 2.45) is 0 Å². The number of rotatable bonds is 7. The molecule has 3 aromatic heterocycles. The zero-order valence-corrected chi connectivity index (χ0v) is 14.1. The van der Waals surface area contributed by atoms with Gasteiger partial charge in [0, 0.05) is 30.2 Å². The highest BCUT2D eigenvalue weighted by Crippen LogP contribution is 2.19. The summed E-state index contributed by atoms with van der Waals surface area (Å²) in [6.07, 6.45) is 6.91. The maximum atomic E-state index is 12.1. The Balaban J connectivity index is 1.49. The van der Waals surface area contributed by atoms with E-state index < -0.39 is 0 Å². The summed E-state index contributed by atoms with van der Waals surface area (Å²) in [6, 6.07) is 5.65. The van der Waals surface area contributed by atoms with E-state index in [9.17, 15) is 4.79 Å². The van der Waals surface area contributed by atoms with Gasteiger partial charge in [0.05, 0.1) is 18.4 Å². The van der Waals surface area contributed by atoms with Crippen LogP contribution in [0.5, 0.6) is 0 Å². The molecule has 0 aliphatic rings. The van der Waals surface area contributed by atoms with Crippen LogP contribution in [-0.2, 0) is 17.6 Å². The molecule has 0 aromatic carbocycles. The summed E-state index contributed by atoms with van der Waals surface area (Å²) in [5.74, 6) is 1.48. The van der Waals surface area contributed by atoms with Gasteiger partial charge in [-0.1, -0.05) is 0 Å². The minimum atomic E-state index is -0.0345. The topological polar surface area (TPSA) is 80.9 Å². The predicted octanol–water partition coefficient (Wildman–Crippen LogP) is 2.87. The van der Waals surface area contributed by atoms with E-state index in [1.165, 1.54) is 11.3 Å². The number of hydrogen-bond acceptors (Lipinski definition) is 6.